The van der Waals surface area contributed by atoms with Gasteiger partial charge in [0.1, 0.15) is 5.60 Å². The van der Waals surface area contributed by atoms with Crippen LogP contribution in [0.25, 0.3) is 0 Å². The number of aliphatic hydroxyl groups is 1. The summed E-state index contributed by atoms with van der Waals surface area (Å²) in [6, 6.07) is 8.16. The summed E-state index contributed by atoms with van der Waals surface area (Å²) in [4.78, 5) is 22.6. The lowest BCUT2D eigenvalue weighted by atomic mass is 9.98. The van der Waals surface area contributed by atoms with E-state index < -0.39 is 29.8 Å². The summed E-state index contributed by atoms with van der Waals surface area (Å²) in [7, 11) is 0. The molecule has 0 aromatic heterocycles. The standard InChI is InChI=1S/C16H23NO5/c1-16(2,3)22-15(21)17-14(11-7-5-4-6-8-11)12(18)9-10-13(19)20/h4-8,12,14,18H,9-10H2,1-3H3,(H,17,21)(H,19,20)/t12-,14+/m1/s1. The van der Waals surface area contributed by atoms with Crippen LogP contribution in [-0.2, 0) is 9.53 Å². The molecule has 0 unspecified atom stereocenters. The van der Waals surface area contributed by atoms with E-state index in [4.69, 9.17) is 9.84 Å². The number of carbonyl (C=O) groups excluding carboxylic acids is 1. The van der Waals surface area contributed by atoms with Gasteiger partial charge in [0.15, 0.2) is 0 Å². The lowest BCUT2D eigenvalue weighted by Crippen LogP contribution is -2.39. The molecule has 3 N–H and O–H groups in total. The van der Waals surface area contributed by atoms with Crippen molar-refractivity contribution in [2.45, 2.75) is 51.4 Å². The maximum Gasteiger partial charge on any atom is 0.408 e. The summed E-state index contributed by atoms with van der Waals surface area (Å²) in [6.45, 7) is 5.22. The van der Waals surface area contributed by atoms with Gasteiger partial charge >= 0.3 is 12.1 Å². The van der Waals surface area contributed by atoms with Crippen LogP contribution in [0.1, 0.15) is 45.2 Å². The smallest absolute Gasteiger partial charge is 0.408 e. The van der Waals surface area contributed by atoms with Crippen molar-refractivity contribution < 1.29 is 24.5 Å². The third kappa shape index (κ3) is 6.58. The first-order chi connectivity index (χ1) is 10.2. The first-order valence-corrected chi connectivity index (χ1v) is 7.13. The number of carboxylic acid groups (broad SMARTS) is 1. The van der Waals surface area contributed by atoms with Gasteiger partial charge in [0.25, 0.3) is 0 Å². The molecule has 122 valence electrons. The second kappa shape index (κ2) is 7.79. The molecular weight excluding hydrogens is 286 g/mol. The van der Waals surface area contributed by atoms with Crippen molar-refractivity contribution in [1.82, 2.24) is 5.32 Å². The Morgan fingerprint density at radius 1 is 1.23 bits per heavy atom. The molecule has 0 bridgehead atoms. The van der Waals surface area contributed by atoms with E-state index in [1.807, 2.05) is 6.07 Å². The zero-order valence-corrected chi connectivity index (χ0v) is 13.1. The van der Waals surface area contributed by atoms with Gasteiger partial charge in [-0.2, -0.15) is 0 Å². The monoisotopic (exact) mass is 309 g/mol. The van der Waals surface area contributed by atoms with Crippen LogP contribution >= 0.6 is 0 Å². The van der Waals surface area contributed by atoms with Crippen LogP contribution in [0.2, 0.25) is 0 Å². The highest BCUT2D eigenvalue weighted by atomic mass is 16.6. The van der Waals surface area contributed by atoms with E-state index in [2.05, 4.69) is 5.32 Å². The Bertz CT molecular complexity index is 495. The van der Waals surface area contributed by atoms with Crippen LogP contribution < -0.4 is 5.32 Å². The number of aliphatic carboxylic acids is 1. The molecule has 0 aliphatic heterocycles. The minimum atomic E-state index is -1.02. The largest absolute Gasteiger partial charge is 0.481 e. The second-order valence-corrected chi connectivity index (χ2v) is 6.03. The normalized spacial score (nSPS) is 14.0. The summed E-state index contributed by atoms with van der Waals surface area (Å²) >= 11 is 0. The Hall–Kier alpha value is -2.08. The van der Waals surface area contributed by atoms with E-state index in [0.29, 0.717) is 5.56 Å². The molecule has 0 saturated carbocycles. The molecular formula is C16H23NO5. The summed E-state index contributed by atoms with van der Waals surface area (Å²) in [5, 5.41) is 21.6. The molecule has 0 radical (unpaired) electrons. The lowest BCUT2D eigenvalue weighted by molar-refractivity contribution is -0.137. The molecule has 6 nitrogen and oxygen atoms in total. The third-order valence-electron chi connectivity index (χ3n) is 2.87. The number of hydrogen-bond acceptors (Lipinski definition) is 4. The fourth-order valence-corrected chi connectivity index (χ4v) is 1.93. The van der Waals surface area contributed by atoms with Gasteiger partial charge in [-0.05, 0) is 32.8 Å². The Balaban J connectivity index is 2.83. The van der Waals surface area contributed by atoms with Crippen molar-refractivity contribution in [3.05, 3.63) is 35.9 Å². The number of alkyl carbamates (subject to hydrolysis) is 1. The number of benzene rings is 1. The summed E-state index contributed by atoms with van der Waals surface area (Å²) in [5.74, 6) is -0.997. The average Bonchev–Trinajstić information content (AvgIpc) is 2.41. The van der Waals surface area contributed by atoms with Crippen LogP contribution in [0.15, 0.2) is 30.3 Å². The molecule has 1 rings (SSSR count). The summed E-state index contributed by atoms with van der Waals surface area (Å²) in [6.07, 6.45) is -1.83. The molecule has 6 heteroatoms. The van der Waals surface area contributed by atoms with Gasteiger partial charge in [-0.1, -0.05) is 30.3 Å². The number of amides is 1. The maximum absolute atomic E-state index is 11.9. The first kappa shape index (κ1) is 18.0. The van der Waals surface area contributed by atoms with Crippen LogP contribution in [0.5, 0.6) is 0 Å². The Morgan fingerprint density at radius 3 is 2.32 bits per heavy atom. The van der Waals surface area contributed by atoms with E-state index in [1.54, 1.807) is 45.0 Å². The number of ether oxygens (including phenoxy) is 1. The average molecular weight is 309 g/mol. The predicted octanol–water partition coefficient (Wildman–Crippen LogP) is 2.48. The molecule has 1 aromatic rings. The fourth-order valence-electron chi connectivity index (χ4n) is 1.93. The van der Waals surface area contributed by atoms with Crippen molar-refractivity contribution in [1.29, 1.82) is 0 Å². The van der Waals surface area contributed by atoms with Gasteiger partial charge in [0.2, 0.25) is 0 Å². The Kier molecular flexibility index (Phi) is 6.37. The fraction of sp³-hybridized carbons (Fsp3) is 0.500. The van der Waals surface area contributed by atoms with Crippen molar-refractivity contribution >= 4 is 12.1 Å². The molecule has 0 saturated heterocycles. The number of rotatable bonds is 6. The van der Waals surface area contributed by atoms with E-state index >= 15 is 0 Å². The zero-order valence-electron chi connectivity index (χ0n) is 13.1. The van der Waals surface area contributed by atoms with Gasteiger partial charge in [-0.15, -0.1) is 0 Å². The van der Waals surface area contributed by atoms with Crippen molar-refractivity contribution in [2.24, 2.45) is 0 Å². The number of nitrogens with one attached hydrogen (secondary N) is 1. The van der Waals surface area contributed by atoms with Crippen LogP contribution in [0, 0.1) is 0 Å². The van der Waals surface area contributed by atoms with Crippen molar-refractivity contribution in [3.63, 3.8) is 0 Å². The summed E-state index contributed by atoms with van der Waals surface area (Å²) in [5.41, 5.74) is 0.0309. The number of aliphatic hydroxyl groups excluding tert-OH is 1. The number of carbonyl (C=O) groups is 2. The van der Waals surface area contributed by atoms with Gasteiger partial charge in [0, 0.05) is 6.42 Å². The predicted molar refractivity (Wildman–Crippen MR) is 81.4 cm³/mol. The van der Waals surface area contributed by atoms with Crippen molar-refractivity contribution in [3.8, 4) is 0 Å². The number of hydrogen-bond donors (Lipinski definition) is 3. The molecule has 0 heterocycles. The molecule has 2 atom stereocenters. The minimum Gasteiger partial charge on any atom is -0.481 e. The maximum atomic E-state index is 11.9. The topological polar surface area (TPSA) is 95.9 Å². The van der Waals surface area contributed by atoms with Crippen LogP contribution in [-0.4, -0.2) is 34.0 Å². The molecule has 0 spiro atoms. The SMILES string of the molecule is CC(C)(C)OC(=O)N[C@@H](c1ccccc1)[C@H](O)CCC(=O)O. The molecule has 1 aromatic carbocycles. The van der Waals surface area contributed by atoms with E-state index in [0.717, 1.165) is 0 Å². The second-order valence-electron chi connectivity index (χ2n) is 6.03. The highest BCUT2D eigenvalue weighted by Crippen LogP contribution is 2.21. The molecule has 0 aliphatic carbocycles. The van der Waals surface area contributed by atoms with Gasteiger partial charge in [-0.25, -0.2) is 4.79 Å². The minimum absolute atomic E-state index is 0.0324. The zero-order chi connectivity index (χ0) is 16.8. The van der Waals surface area contributed by atoms with E-state index in [1.165, 1.54) is 0 Å². The van der Waals surface area contributed by atoms with Crippen molar-refractivity contribution in [2.75, 3.05) is 0 Å². The number of carboxylic acids is 1. The Morgan fingerprint density at radius 2 is 1.82 bits per heavy atom. The summed E-state index contributed by atoms with van der Waals surface area (Å²) < 4.78 is 5.19. The molecule has 1 amide bonds. The van der Waals surface area contributed by atoms with E-state index in [-0.39, 0.29) is 12.8 Å². The molecule has 0 fully saturated rings. The molecule has 0 aliphatic rings. The lowest BCUT2D eigenvalue weighted by Gasteiger charge is -2.27. The van der Waals surface area contributed by atoms with Crippen LogP contribution in [0.3, 0.4) is 0 Å². The molecule has 22 heavy (non-hydrogen) atoms. The Labute approximate surface area is 130 Å². The van der Waals surface area contributed by atoms with Gasteiger partial charge in [-0.3, -0.25) is 4.79 Å². The van der Waals surface area contributed by atoms with E-state index in [9.17, 15) is 14.7 Å². The van der Waals surface area contributed by atoms with Gasteiger partial charge < -0.3 is 20.3 Å². The third-order valence-corrected chi connectivity index (χ3v) is 2.87. The highest BCUT2D eigenvalue weighted by molar-refractivity contribution is 5.69. The highest BCUT2D eigenvalue weighted by Gasteiger charge is 2.26. The quantitative estimate of drug-likeness (QED) is 0.750. The first-order valence-electron chi connectivity index (χ1n) is 7.13. The van der Waals surface area contributed by atoms with Gasteiger partial charge in [0.05, 0.1) is 12.1 Å². The van der Waals surface area contributed by atoms with Crippen LogP contribution in [0.4, 0.5) is 4.79 Å².